The number of nitrogens with zero attached hydrogens (tertiary/aromatic N) is 2. The van der Waals surface area contributed by atoms with Gasteiger partial charge in [-0.05, 0) is 53.6 Å². The van der Waals surface area contributed by atoms with Gasteiger partial charge >= 0.3 is 0 Å². The Morgan fingerprint density at radius 2 is 1.47 bits per heavy atom. The number of aromatic nitrogens is 1. The fraction of sp³-hybridized carbons (Fsp3) is 0.281. The Morgan fingerprint density at radius 1 is 0.778 bits per heavy atom. The quantitative estimate of drug-likeness (QED) is 0.211. The van der Waals surface area contributed by atoms with Crippen molar-refractivity contribution in [2.45, 2.75) is 46.2 Å². The fourth-order valence-electron chi connectivity index (χ4n) is 4.76. The third kappa shape index (κ3) is 6.54. The Bertz CT molecular complexity index is 1250. The van der Waals surface area contributed by atoms with Gasteiger partial charge in [0.1, 0.15) is 5.75 Å². The van der Waals surface area contributed by atoms with Crippen molar-refractivity contribution in [3.63, 3.8) is 0 Å². The van der Waals surface area contributed by atoms with E-state index in [1.807, 2.05) is 18.3 Å². The van der Waals surface area contributed by atoms with E-state index < -0.39 is 0 Å². The van der Waals surface area contributed by atoms with Gasteiger partial charge in [0.05, 0.1) is 12.8 Å². The maximum Gasteiger partial charge on any atom is 0.127 e. The molecule has 0 atom stereocenters. The lowest BCUT2D eigenvalue weighted by atomic mass is 9.94. The number of halogens is 1. The summed E-state index contributed by atoms with van der Waals surface area (Å²) in [5, 5.41) is 0.780. The highest BCUT2D eigenvalue weighted by Crippen LogP contribution is 2.32. The van der Waals surface area contributed by atoms with E-state index in [2.05, 4.69) is 85.5 Å². The van der Waals surface area contributed by atoms with Crippen LogP contribution in [0.4, 0.5) is 0 Å². The number of hydrogen-bond acceptors (Lipinski definition) is 3. The van der Waals surface area contributed by atoms with Crippen molar-refractivity contribution in [3.05, 3.63) is 118 Å². The molecule has 186 valence electrons. The second-order valence-electron chi connectivity index (χ2n) is 9.12. The van der Waals surface area contributed by atoms with Gasteiger partial charge < -0.3 is 4.74 Å². The predicted molar refractivity (Wildman–Crippen MR) is 151 cm³/mol. The van der Waals surface area contributed by atoms with Crippen molar-refractivity contribution in [1.82, 2.24) is 9.88 Å². The molecule has 0 aliphatic heterocycles. The van der Waals surface area contributed by atoms with E-state index in [0.29, 0.717) is 0 Å². The van der Waals surface area contributed by atoms with Gasteiger partial charge in [-0.1, -0.05) is 86.1 Å². The van der Waals surface area contributed by atoms with Crippen LogP contribution < -0.4 is 4.74 Å². The molecule has 4 heteroatoms. The largest absolute Gasteiger partial charge is 0.496 e. The van der Waals surface area contributed by atoms with Gasteiger partial charge in [0, 0.05) is 48.0 Å². The molecular formula is C32H35ClN2O. The Balaban J connectivity index is 1.61. The van der Waals surface area contributed by atoms with E-state index in [1.165, 1.54) is 27.8 Å². The van der Waals surface area contributed by atoms with Crippen LogP contribution in [0.3, 0.4) is 0 Å². The summed E-state index contributed by atoms with van der Waals surface area (Å²) in [7, 11) is 1.75. The number of pyridine rings is 1. The minimum absolute atomic E-state index is 0.752. The first-order valence-electron chi connectivity index (χ1n) is 12.8. The first-order valence-corrected chi connectivity index (χ1v) is 13.1. The Morgan fingerprint density at radius 3 is 2.14 bits per heavy atom. The van der Waals surface area contributed by atoms with Crippen molar-refractivity contribution in [2.24, 2.45) is 0 Å². The van der Waals surface area contributed by atoms with Gasteiger partial charge in [0.2, 0.25) is 0 Å². The maximum absolute atomic E-state index is 6.23. The topological polar surface area (TPSA) is 25.4 Å². The first-order chi connectivity index (χ1) is 17.6. The van der Waals surface area contributed by atoms with E-state index in [4.69, 9.17) is 21.3 Å². The molecule has 0 radical (unpaired) electrons. The molecule has 36 heavy (non-hydrogen) atoms. The van der Waals surface area contributed by atoms with Crippen LogP contribution in [0.25, 0.3) is 11.3 Å². The van der Waals surface area contributed by atoms with Gasteiger partial charge in [0.15, 0.2) is 0 Å². The van der Waals surface area contributed by atoms with Crippen molar-refractivity contribution in [3.8, 4) is 17.0 Å². The van der Waals surface area contributed by atoms with Crippen LogP contribution >= 0.6 is 11.6 Å². The summed E-state index contributed by atoms with van der Waals surface area (Å²) in [6.45, 7) is 6.90. The molecule has 0 N–H and O–H groups in total. The lowest BCUT2D eigenvalue weighted by Gasteiger charge is -2.24. The number of ether oxygens (including phenoxy) is 1. The molecule has 1 heterocycles. The van der Waals surface area contributed by atoms with Crippen LogP contribution in [-0.4, -0.2) is 23.5 Å². The van der Waals surface area contributed by atoms with Gasteiger partial charge in [0.25, 0.3) is 0 Å². The highest BCUT2D eigenvalue weighted by atomic mass is 35.5. The molecule has 0 fully saturated rings. The Labute approximate surface area is 220 Å². The molecule has 4 aromatic rings. The Kier molecular flexibility index (Phi) is 9.16. The summed E-state index contributed by atoms with van der Waals surface area (Å²) in [6.07, 6.45) is 4.87. The number of hydrogen-bond donors (Lipinski definition) is 0. The number of rotatable bonds is 11. The first kappa shape index (κ1) is 25.9. The van der Waals surface area contributed by atoms with Gasteiger partial charge in [-0.25, -0.2) is 0 Å². The standard InChI is InChI=1S/C32H35ClN2O/c1-4-26-14-10-15-27(5-2)32(26)30-20-31(36-3)28(21-34-30)23-35(22-25-11-7-6-8-12-25)18-17-24-13-9-16-29(33)19-24/h6-16,19-21H,4-5,17-18,22-23H2,1-3H3. The molecule has 0 saturated carbocycles. The average Bonchev–Trinajstić information content (AvgIpc) is 2.92. The summed E-state index contributed by atoms with van der Waals surface area (Å²) in [4.78, 5) is 7.39. The molecule has 4 rings (SSSR count). The van der Waals surface area contributed by atoms with Crippen LogP contribution in [0.5, 0.6) is 5.75 Å². The number of aryl methyl sites for hydroxylation is 2. The molecule has 3 aromatic carbocycles. The minimum Gasteiger partial charge on any atom is -0.496 e. The molecular weight excluding hydrogens is 464 g/mol. The van der Waals surface area contributed by atoms with Crippen LogP contribution in [0.2, 0.25) is 5.02 Å². The van der Waals surface area contributed by atoms with Crippen molar-refractivity contribution >= 4 is 11.6 Å². The molecule has 0 bridgehead atoms. The summed E-state index contributed by atoms with van der Waals surface area (Å²) < 4.78 is 5.90. The van der Waals surface area contributed by atoms with Crippen LogP contribution in [0.15, 0.2) is 85.1 Å². The zero-order valence-electron chi connectivity index (χ0n) is 21.5. The zero-order valence-corrected chi connectivity index (χ0v) is 22.3. The molecule has 0 amide bonds. The molecule has 0 saturated heterocycles. The van der Waals surface area contributed by atoms with E-state index in [0.717, 1.165) is 60.9 Å². The molecule has 3 nitrogen and oxygen atoms in total. The molecule has 0 unspecified atom stereocenters. The second-order valence-corrected chi connectivity index (χ2v) is 9.55. The van der Waals surface area contributed by atoms with E-state index in [1.54, 1.807) is 7.11 Å². The molecule has 1 aromatic heterocycles. The predicted octanol–water partition coefficient (Wildman–Crippen LogP) is 7.78. The highest BCUT2D eigenvalue weighted by molar-refractivity contribution is 6.30. The summed E-state index contributed by atoms with van der Waals surface area (Å²) >= 11 is 6.23. The minimum atomic E-state index is 0.752. The fourth-order valence-corrected chi connectivity index (χ4v) is 4.97. The van der Waals surface area contributed by atoms with Crippen LogP contribution in [0, 0.1) is 0 Å². The number of benzene rings is 3. The molecule has 0 spiro atoms. The monoisotopic (exact) mass is 498 g/mol. The Hall–Kier alpha value is -3.14. The van der Waals surface area contributed by atoms with E-state index in [-0.39, 0.29) is 0 Å². The second kappa shape index (κ2) is 12.7. The lowest BCUT2D eigenvalue weighted by Crippen LogP contribution is -2.25. The highest BCUT2D eigenvalue weighted by Gasteiger charge is 2.16. The SMILES string of the molecule is CCc1cccc(CC)c1-c1cc(OC)c(CN(CCc2cccc(Cl)c2)Cc2ccccc2)cn1. The summed E-state index contributed by atoms with van der Waals surface area (Å²) in [5.74, 6) is 0.883. The van der Waals surface area contributed by atoms with Crippen LogP contribution in [0.1, 0.15) is 41.7 Å². The van der Waals surface area contributed by atoms with Crippen molar-refractivity contribution in [2.75, 3.05) is 13.7 Å². The van der Waals surface area contributed by atoms with Gasteiger partial charge in [-0.2, -0.15) is 0 Å². The van der Waals surface area contributed by atoms with Gasteiger partial charge in [-0.15, -0.1) is 0 Å². The molecule has 0 aliphatic carbocycles. The maximum atomic E-state index is 6.23. The average molecular weight is 499 g/mol. The summed E-state index contributed by atoms with van der Waals surface area (Å²) in [6, 6.07) is 27.4. The number of methoxy groups -OCH3 is 1. The van der Waals surface area contributed by atoms with Crippen molar-refractivity contribution < 1.29 is 4.74 Å². The third-order valence-electron chi connectivity index (χ3n) is 6.67. The van der Waals surface area contributed by atoms with Crippen molar-refractivity contribution in [1.29, 1.82) is 0 Å². The zero-order chi connectivity index (χ0) is 25.3. The van der Waals surface area contributed by atoms with E-state index in [9.17, 15) is 0 Å². The summed E-state index contributed by atoms with van der Waals surface area (Å²) in [5.41, 5.74) is 8.50. The molecule has 0 aliphatic rings. The normalized spacial score (nSPS) is 11.1. The van der Waals surface area contributed by atoms with E-state index >= 15 is 0 Å². The smallest absolute Gasteiger partial charge is 0.127 e. The van der Waals surface area contributed by atoms with Crippen LogP contribution in [-0.2, 0) is 32.4 Å². The third-order valence-corrected chi connectivity index (χ3v) is 6.90. The van der Waals surface area contributed by atoms with Gasteiger partial charge in [-0.3, -0.25) is 9.88 Å². The lowest BCUT2D eigenvalue weighted by molar-refractivity contribution is 0.255.